The van der Waals surface area contributed by atoms with Gasteiger partial charge < -0.3 is 15.1 Å². The number of furan rings is 1. The van der Waals surface area contributed by atoms with Gasteiger partial charge >= 0.3 is 0 Å². The van der Waals surface area contributed by atoms with E-state index < -0.39 is 15.9 Å². The van der Waals surface area contributed by atoms with Crippen LogP contribution in [0.3, 0.4) is 0 Å². The molecule has 2 aromatic heterocycles. The molecule has 0 fully saturated rings. The number of sulfonamides is 1. The first kappa shape index (κ1) is 19.6. The van der Waals surface area contributed by atoms with Gasteiger partial charge in [0.1, 0.15) is 0 Å². The monoisotopic (exact) mass is 419 g/mol. The van der Waals surface area contributed by atoms with E-state index in [1.807, 2.05) is 0 Å². The van der Waals surface area contributed by atoms with Crippen LogP contribution in [0.1, 0.15) is 25.8 Å². The summed E-state index contributed by atoms with van der Waals surface area (Å²) in [7, 11) is -3.43. The minimum atomic E-state index is -3.43. The number of carbonyl (C=O) groups is 2. The van der Waals surface area contributed by atoms with Crippen LogP contribution in [0.4, 0.5) is 16.4 Å². The molecule has 3 aromatic rings. The highest BCUT2D eigenvalue weighted by Gasteiger charge is 2.14. The Kier molecular flexibility index (Phi) is 5.52. The van der Waals surface area contributed by atoms with E-state index in [1.54, 1.807) is 43.3 Å². The third-order valence-electron chi connectivity index (χ3n) is 3.60. The van der Waals surface area contributed by atoms with Crippen molar-refractivity contribution < 1.29 is 22.4 Å². The molecule has 28 heavy (non-hydrogen) atoms. The molecule has 1 aromatic carbocycles. The number of nitrogens with one attached hydrogen (secondary N) is 3. The summed E-state index contributed by atoms with van der Waals surface area (Å²) in [6.45, 7) is 1.76. The van der Waals surface area contributed by atoms with Crippen molar-refractivity contribution in [2.75, 3.05) is 21.6 Å². The molecular weight excluding hydrogens is 402 g/mol. The fourth-order valence-electron chi connectivity index (χ4n) is 2.31. The fourth-order valence-corrected chi connectivity index (χ4v) is 3.73. The van der Waals surface area contributed by atoms with Crippen molar-refractivity contribution in [2.24, 2.45) is 0 Å². The lowest BCUT2D eigenvalue weighted by Gasteiger charge is -2.10. The van der Waals surface area contributed by atoms with Crippen LogP contribution < -0.4 is 15.4 Å². The standard InChI is InChI=1S/C18H17N3O5S2/c1-11-5-6-12(10-13(11)21-28(2,24)25)19-18(23)15-7-8-16(27-15)20-17(22)14-4-3-9-26-14/h3-10,21H,1-2H3,(H,19,23)(H,20,22). The van der Waals surface area contributed by atoms with Crippen molar-refractivity contribution in [1.29, 1.82) is 0 Å². The van der Waals surface area contributed by atoms with E-state index in [0.29, 0.717) is 21.3 Å². The van der Waals surface area contributed by atoms with Crippen molar-refractivity contribution in [3.8, 4) is 0 Å². The number of thiophene rings is 1. The molecule has 3 rings (SSSR count). The molecule has 0 saturated heterocycles. The summed E-state index contributed by atoms with van der Waals surface area (Å²) in [5, 5.41) is 5.86. The van der Waals surface area contributed by atoms with Gasteiger partial charge in [-0.3, -0.25) is 14.3 Å². The molecular formula is C18H17N3O5S2. The highest BCUT2D eigenvalue weighted by atomic mass is 32.2. The number of aryl methyl sites for hydroxylation is 1. The molecule has 3 N–H and O–H groups in total. The number of hydrogen-bond acceptors (Lipinski definition) is 6. The third kappa shape index (κ3) is 4.99. The van der Waals surface area contributed by atoms with Crippen LogP contribution in [-0.2, 0) is 10.0 Å². The Morgan fingerprint density at radius 1 is 1.04 bits per heavy atom. The average molecular weight is 419 g/mol. The molecule has 0 aliphatic heterocycles. The lowest BCUT2D eigenvalue weighted by molar-refractivity contribution is 0.0995. The van der Waals surface area contributed by atoms with Crippen LogP contribution in [0.25, 0.3) is 0 Å². The highest BCUT2D eigenvalue weighted by molar-refractivity contribution is 7.92. The zero-order chi connectivity index (χ0) is 20.3. The van der Waals surface area contributed by atoms with E-state index >= 15 is 0 Å². The molecule has 10 heteroatoms. The van der Waals surface area contributed by atoms with Crippen molar-refractivity contribution in [3.63, 3.8) is 0 Å². The zero-order valence-corrected chi connectivity index (χ0v) is 16.6. The predicted octanol–water partition coefficient (Wildman–Crippen LogP) is 3.53. The Bertz CT molecular complexity index is 1120. The second-order valence-corrected chi connectivity index (χ2v) is 8.79. The lowest BCUT2D eigenvalue weighted by atomic mass is 10.2. The van der Waals surface area contributed by atoms with Crippen LogP contribution in [0.2, 0.25) is 0 Å². The van der Waals surface area contributed by atoms with Crippen molar-refractivity contribution in [3.05, 3.63) is 64.9 Å². The summed E-state index contributed by atoms with van der Waals surface area (Å²) in [5.41, 5.74) is 1.55. The Labute approximate surface area is 165 Å². The van der Waals surface area contributed by atoms with Gasteiger partial charge in [-0.25, -0.2) is 8.42 Å². The van der Waals surface area contributed by atoms with Crippen LogP contribution in [-0.4, -0.2) is 26.5 Å². The van der Waals surface area contributed by atoms with Gasteiger partial charge in [0.25, 0.3) is 11.8 Å². The molecule has 0 unspecified atom stereocenters. The lowest BCUT2D eigenvalue weighted by Crippen LogP contribution is -2.13. The Balaban J connectivity index is 1.69. The normalized spacial score (nSPS) is 11.1. The van der Waals surface area contributed by atoms with Crippen LogP contribution in [0.15, 0.2) is 53.1 Å². The minimum absolute atomic E-state index is 0.171. The zero-order valence-electron chi connectivity index (χ0n) is 15.0. The third-order valence-corrected chi connectivity index (χ3v) is 5.19. The van der Waals surface area contributed by atoms with Gasteiger partial charge in [0.05, 0.1) is 28.1 Å². The van der Waals surface area contributed by atoms with Gasteiger partial charge in [-0.2, -0.15) is 0 Å². The van der Waals surface area contributed by atoms with Gasteiger partial charge in [-0.05, 0) is 48.9 Å². The molecule has 0 aliphatic carbocycles. The first-order valence-electron chi connectivity index (χ1n) is 8.06. The molecule has 0 aliphatic rings. The second-order valence-electron chi connectivity index (χ2n) is 5.95. The summed E-state index contributed by atoms with van der Waals surface area (Å²) in [6.07, 6.45) is 2.46. The van der Waals surface area contributed by atoms with E-state index in [1.165, 1.54) is 12.3 Å². The minimum Gasteiger partial charge on any atom is -0.459 e. The molecule has 146 valence electrons. The SMILES string of the molecule is Cc1ccc(NC(=O)c2ccc(NC(=O)c3ccco3)s2)cc1NS(C)(=O)=O. The topological polar surface area (TPSA) is 118 Å². The average Bonchev–Trinajstić information content (AvgIpc) is 3.28. The van der Waals surface area contributed by atoms with Gasteiger partial charge in [0.15, 0.2) is 5.76 Å². The van der Waals surface area contributed by atoms with Gasteiger partial charge in [0.2, 0.25) is 10.0 Å². The first-order chi connectivity index (χ1) is 13.2. The van der Waals surface area contributed by atoms with E-state index in [4.69, 9.17) is 4.42 Å². The predicted molar refractivity (Wildman–Crippen MR) is 109 cm³/mol. The Hall–Kier alpha value is -3.11. The Morgan fingerprint density at radius 2 is 1.82 bits per heavy atom. The molecule has 2 heterocycles. The van der Waals surface area contributed by atoms with Gasteiger partial charge in [-0.1, -0.05) is 6.07 Å². The quantitative estimate of drug-likeness (QED) is 0.565. The Morgan fingerprint density at radius 3 is 2.50 bits per heavy atom. The summed E-state index contributed by atoms with van der Waals surface area (Å²) in [6, 6.07) is 11.3. The largest absolute Gasteiger partial charge is 0.459 e. The maximum absolute atomic E-state index is 12.5. The van der Waals surface area contributed by atoms with E-state index in [2.05, 4.69) is 15.4 Å². The molecule has 0 atom stereocenters. The van der Waals surface area contributed by atoms with Crippen LogP contribution >= 0.6 is 11.3 Å². The summed E-state index contributed by atoms with van der Waals surface area (Å²) in [4.78, 5) is 24.8. The first-order valence-corrected chi connectivity index (χ1v) is 10.8. The number of carbonyl (C=O) groups excluding carboxylic acids is 2. The molecule has 0 radical (unpaired) electrons. The number of hydrogen-bond donors (Lipinski definition) is 3. The maximum atomic E-state index is 12.5. The smallest absolute Gasteiger partial charge is 0.291 e. The number of rotatable bonds is 6. The van der Waals surface area contributed by atoms with Gasteiger partial charge in [0, 0.05) is 5.69 Å². The van der Waals surface area contributed by atoms with Crippen molar-refractivity contribution in [2.45, 2.75) is 6.92 Å². The van der Waals surface area contributed by atoms with E-state index in [-0.39, 0.29) is 11.7 Å². The highest BCUT2D eigenvalue weighted by Crippen LogP contribution is 2.25. The fraction of sp³-hybridized carbons (Fsp3) is 0.111. The van der Waals surface area contributed by atoms with E-state index in [0.717, 1.165) is 23.2 Å². The number of benzene rings is 1. The summed E-state index contributed by atoms with van der Waals surface area (Å²) >= 11 is 1.11. The number of anilines is 3. The molecule has 0 saturated carbocycles. The summed E-state index contributed by atoms with van der Waals surface area (Å²) < 4.78 is 30.3. The molecule has 0 spiro atoms. The molecule has 0 bridgehead atoms. The molecule has 8 nitrogen and oxygen atoms in total. The van der Waals surface area contributed by atoms with E-state index in [9.17, 15) is 18.0 Å². The van der Waals surface area contributed by atoms with Crippen molar-refractivity contribution >= 4 is 49.6 Å². The van der Waals surface area contributed by atoms with Crippen LogP contribution in [0, 0.1) is 6.92 Å². The summed E-state index contributed by atoms with van der Waals surface area (Å²) in [5.74, 6) is -0.614. The van der Waals surface area contributed by atoms with Crippen molar-refractivity contribution in [1.82, 2.24) is 0 Å². The number of amides is 2. The maximum Gasteiger partial charge on any atom is 0.291 e. The second kappa shape index (κ2) is 7.87. The van der Waals surface area contributed by atoms with Gasteiger partial charge in [-0.15, -0.1) is 11.3 Å². The van der Waals surface area contributed by atoms with Crippen LogP contribution in [0.5, 0.6) is 0 Å². The molecule has 2 amide bonds.